The van der Waals surface area contributed by atoms with E-state index in [9.17, 15) is 13.2 Å². The molecule has 0 aliphatic heterocycles. The molecule has 0 bridgehead atoms. The molecular formula is C13H9Cl2F3N2. The standard InChI is InChI=1S/C13H9Cl2F3N2/c1-7-4-2-3-5-8(7)10-11(14)19-9(20-12(10)15)6-13(16,17)18/h2-5H,6H2,1H3. The van der Waals surface area contributed by atoms with Crippen LogP contribution in [0.2, 0.25) is 10.3 Å². The maximum absolute atomic E-state index is 12.3. The Morgan fingerprint density at radius 3 is 2.10 bits per heavy atom. The molecular weight excluding hydrogens is 312 g/mol. The fourth-order valence-electron chi connectivity index (χ4n) is 1.78. The predicted molar refractivity (Wildman–Crippen MR) is 72.0 cm³/mol. The van der Waals surface area contributed by atoms with Crippen molar-refractivity contribution in [3.05, 3.63) is 46.0 Å². The van der Waals surface area contributed by atoms with E-state index in [0.29, 0.717) is 11.1 Å². The summed E-state index contributed by atoms with van der Waals surface area (Å²) in [5.41, 5.74) is 1.92. The number of aromatic nitrogens is 2. The maximum atomic E-state index is 12.3. The van der Waals surface area contributed by atoms with Crippen LogP contribution in [0.4, 0.5) is 13.2 Å². The highest BCUT2D eigenvalue weighted by Crippen LogP contribution is 2.35. The highest BCUT2D eigenvalue weighted by Gasteiger charge is 2.30. The van der Waals surface area contributed by atoms with Crippen molar-refractivity contribution in [2.45, 2.75) is 19.5 Å². The summed E-state index contributed by atoms with van der Waals surface area (Å²) in [6.45, 7) is 1.84. The highest BCUT2D eigenvalue weighted by molar-refractivity contribution is 6.37. The van der Waals surface area contributed by atoms with Gasteiger partial charge < -0.3 is 0 Å². The molecule has 2 nitrogen and oxygen atoms in total. The van der Waals surface area contributed by atoms with Crippen LogP contribution in [0, 0.1) is 6.92 Å². The molecule has 1 heterocycles. The average Bonchev–Trinajstić information content (AvgIpc) is 2.28. The Hall–Kier alpha value is -1.33. The summed E-state index contributed by atoms with van der Waals surface area (Å²) in [5.74, 6) is -0.440. The van der Waals surface area contributed by atoms with Gasteiger partial charge in [0, 0.05) is 0 Å². The molecule has 0 spiro atoms. The summed E-state index contributed by atoms with van der Waals surface area (Å²) in [4.78, 5) is 7.37. The largest absolute Gasteiger partial charge is 0.396 e. The van der Waals surface area contributed by atoms with E-state index in [1.807, 2.05) is 19.1 Å². The molecule has 0 unspecified atom stereocenters. The van der Waals surface area contributed by atoms with Crippen LogP contribution in [0.3, 0.4) is 0 Å². The van der Waals surface area contributed by atoms with E-state index in [2.05, 4.69) is 9.97 Å². The van der Waals surface area contributed by atoms with Crippen molar-refractivity contribution in [3.63, 3.8) is 0 Å². The van der Waals surface area contributed by atoms with Crippen LogP contribution in [-0.2, 0) is 6.42 Å². The smallest absolute Gasteiger partial charge is 0.220 e. The molecule has 20 heavy (non-hydrogen) atoms. The number of rotatable bonds is 2. The third-order valence-electron chi connectivity index (χ3n) is 2.64. The van der Waals surface area contributed by atoms with Crippen molar-refractivity contribution in [1.82, 2.24) is 9.97 Å². The van der Waals surface area contributed by atoms with Gasteiger partial charge in [0.2, 0.25) is 0 Å². The Kier molecular flexibility index (Phi) is 4.20. The van der Waals surface area contributed by atoms with E-state index in [0.717, 1.165) is 5.56 Å². The summed E-state index contributed by atoms with van der Waals surface area (Å²) in [5, 5.41) is -0.169. The van der Waals surface area contributed by atoms with Gasteiger partial charge in [-0.2, -0.15) is 13.2 Å². The van der Waals surface area contributed by atoms with Crippen molar-refractivity contribution in [3.8, 4) is 11.1 Å². The molecule has 0 aliphatic rings. The topological polar surface area (TPSA) is 25.8 Å². The molecule has 0 fully saturated rings. The highest BCUT2D eigenvalue weighted by atomic mass is 35.5. The first-order chi connectivity index (χ1) is 9.28. The monoisotopic (exact) mass is 320 g/mol. The van der Waals surface area contributed by atoms with Gasteiger partial charge in [-0.25, -0.2) is 9.97 Å². The second-order valence-electron chi connectivity index (χ2n) is 4.20. The Morgan fingerprint density at radius 1 is 1.05 bits per heavy atom. The van der Waals surface area contributed by atoms with Crippen LogP contribution in [-0.4, -0.2) is 16.1 Å². The maximum Gasteiger partial charge on any atom is 0.396 e. The second-order valence-corrected chi connectivity index (χ2v) is 4.92. The Balaban J connectivity index is 2.50. The van der Waals surface area contributed by atoms with E-state index in [1.165, 1.54) is 0 Å². The molecule has 0 atom stereocenters. The van der Waals surface area contributed by atoms with Crippen LogP contribution in [0.1, 0.15) is 11.4 Å². The van der Waals surface area contributed by atoms with E-state index in [-0.39, 0.29) is 10.3 Å². The molecule has 0 aliphatic carbocycles. The van der Waals surface area contributed by atoms with E-state index >= 15 is 0 Å². The summed E-state index contributed by atoms with van der Waals surface area (Å²) in [6.07, 6.45) is -5.67. The fraction of sp³-hybridized carbons (Fsp3) is 0.231. The van der Waals surface area contributed by atoms with Crippen molar-refractivity contribution < 1.29 is 13.2 Å². The minimum absolute atomic E-state index is 0.0847. The van der Waals surface area contributed by atoms with Gasteiger partial charge in [-0.3, -0.25) is 0 Å². The number of nitrogens with zero attached hydrogens (tertiary/aromatic N) is 2. The van der Waals surface area contributed by atoms with Gasteiger partial charge in [0.15, 0.2) is 0 Å². The van der Waals surface area contributed by atoms with Crippen LogP contribution in [0.25, 0.3) is 11.1 Å². The number of hydrogen-bond donors (Lipinski definition) is 0. The normalized spacial score (nSPS) is 11.7. The third-order valence-corrected chi connectivity index (χ3v) is 3.19. The van der Waals surface area contributed by atoms with Gasteiger partial charge in [0.05, 0.1) is 5.56 Å². The minimum atomic E-state index is -4.41. The first-order valence-electron chi connectivity index (χ1n) is 5.62. The summed E-state index contributed by atoms with van der Waals surface area (Å²) < 4.78 is 37.0. The molecule has 1 aromatic heterocycles. The van der Waals surface area contributed by atoms with Crippen molar-refractivity contribution >= 4 is 23.2 Å². The molecule has 1 aromatic carbocycles. The van der Waals surface area contributed by atoms with E-state index < -0.39 is 18.4 Å². The van der Waals surface area contributed by atoms with Gasteiger partial charge >= 0.3 is 6.18 Å². The number of halogens is 5. The molecule has 0 radical (unpaired) electrons. The van der Waals surface area contributed by atoms with Crippen LogP contribution < -0.4 is 0 Å². The number of alkyl halides is 3. The van der Waals surface area contributed by atoms with Crippen molar-refractivity contribution in [2.24, 2.45) is 0 Å². The molecule has 7 heteroatoms. The van der Waals surface area contributed by atoms with Gasteiger partial charge in [-0.05, 0) is 18.1 Å². The Morgan fingerprint density at radius 2 is 1.60 bits per heavy atom. The Bertz CT molecular complexity index is 619. The van der Waals surface area contributed by atoms with E-state index in [4.69, 9.17) is 23.2 Å². The predicted octanol–water partition coefficient (Wildman–Crippen LogP) is 4.86. The molecule has 0 amide bonds. The van der Waals surface area contributed by atoms with Crippen molar-refractivity contribution in [1.29, 1.82) is 0 Å². The molecule has 0 saturated heterocycles. The zero-order valence-corrected chi connectivity index (χ0v) is 11.8. The zero-order valence-electron chi connectivity index (χ0n) is 10.3. The van der Waals surface area contributed by atoms with Crippen LogP contribution in [0.5, 0.6) is 0 Å². The molecule has 2 rings (SSSR count). The van der Waals surface area contributed by atoms with Crippen molar-refractivity contribution in [2.75, 3.05) is 0 Å². The number of aryl methyl sites for hydroxylation is 1. The van der Waals surface area contributed by atoms with Crippen LogP contribution >= 0.6 is 23.2 Å². The third kappa shape index (κ3) is 3.41. The fourth-order valence-corrected chi connectivity index (χ4v) is 2.41. The average molecular weight is 321 g/mol. The molecule has 106 valence electrons. The molecule has 0 saturated carbocycles. The minimum Gasteiger partial charge on any atom is -0.220 e. The van der Waals surface area contributed by atoms with Gasteiger partial charge in [-0.15, -0.1) is 0 Å². The first kappa shape index (κ1) is 15.1. The van der Waals surface area contributed by atoms with Gasteiger partial charge in [-0.1, -0.05) is 47.5 Å². The number of hydrogen-bond acceptors (Lipinski definition) is 2. The lowest BCUT2D eigenvalue weighted by atomic mass is 10.0. The van der Waals surface area contributed by atoms with E-state index in [1.54, 1.807) is 12.1 Å². The molecule has 2 aromatic rings. The Labute approximate surface area is 123 Å². The summed E-state index contributed by atoms with van der Waals surface area (Å²) >= 11 is 11.9. The van der Waals surface area contributed by atoms with Crippen LogP contribution in [0.15, 0.2) is 24.3 Å². The van der Waals surface area contributed by atoms with Gasteiger partial charge in [0.1, 0.15) is 22.6 Å². The molecule has 0 N–H and O–H groups in total. The first-order valence-corrected chi connectivity index (χ1v) is 6.38. The summed E-state index contributed by atoms with van der Waals surface area (Å²) in [7, 11) is 0. The SMILES string of the molecule is Cc1ccccc1-c1c(Cl)nc(CC(F)(F)F)nc1Cl. The lowest BCUT2D eigenvalue weighted by Gasteiger charge is -2.11. The number of benzene rings is 1. The van der Waals surface area contributed by atoms with Gasteiger partial charge in [0.25, 0.3) is 0 Å². The summed E-state index contributed by atoms with van der Waals surface area (Å²) in [6, 6.07) is 7.21. The lowest BCUT2D eigenvalue weighted by molar-refractivity contribution is -0.128. The second kappa shape index (κ2) is 5.58. The zero-order chi connectivity index (χ0) is 14.9. The quantitative estimate of drug-likeness (QED) is 0.738. The lowest BCUT2D eigenvalue weighted by Crippen LogP contribution is -2.14.